The lowest BCUT2D eigenvalue weighted by atomic mass is 9.88. The second-order valence-corrected chi connectivity index (χ2v) is 11.2. The van der Waals surface area contributed by atoms with E-state index >= 15 is 0 Å². The van der Waals surface area contributed by atoms with Crippen molar-refractivity contribution in [1.82, 2.24) is 15.2 Å². The molecule has 2 heterocycles. The molecule has 0 spiro atoms. The number of methoxy groups -OCH3 is 1. The molecule has 0 radical (unpaired) electrons. The Kier molecular flexibility index (Phi) is 9.51. The largest absolute Gasteiger partial charge is 0.497 e. The molecular weight excluding hydrogens is 575 g/mol. The van der Waals surface area contributed by atoms with Crippen molar-refractivity contribution in [1.29, 1.82) is 0 Å². The summed E-state index contributed by atoms with van der Waals surface area (Å²) < 4.78 is 49.3. The fraction of sp³-hybridized carbons (Fsp3) is 0.394. The van der Waals surface area contributed by atoms with E-state index in [-0.39, 0.29) is 41.4 Å². The highest BCUT2D eigenvalue weighted by Gasteiger charge is 2.31. The average Bonchev–Trinajstić information content (AvgIpc) is 3.05. The van der Waals surface area contributed by atoms with Crippen LogP contribution in [-0.2, 0) is 6.18 Å². The first-order valence-corrected chi connectivity index (χ1v) is 14.7. The van der Waals surface area contributed by atoms with Crippen LogP contribution in [0.3, 0.4) is 0 Å². The number of piperidine rings is 1. The third kappa shape index (κ3) is 7.56. The van der Waals surface area contributed by atoms with Gasteiger partial charge in [0.05, 0.1) is 24.3 Å². The monoisotopic (exact) mass is 609 g/mol. The quantitative estimate of drug-likeness (QED) is 0.317. The number of nitrogens with zero attached hydrogens (tertiary/aromatic N) is 2. The highest BCUT2D eigenvalue weighted by Crippen LogP contribution is 2.31. The summed E-state index contributed by atoms with van der Waals surface area (Å²) in [5, 5.41) is 2.97. The molecule has 1 saturated carbocycles. The standard InChI is InChI=1S/C33H34F3N3O5/c1-43-26-9-2-21(3-10-26)30(40)22-16-18-39(19-17-22)32(42)23-4-15-29(37-20-23)31(41)38-25-7-13-28(14-8-25)44-27-11-5-24(6-12-27)33(34,35)36/h2-6,9-12,15,20,22,25,28H,7-8,13-14,16-19H2,1H3,(H,38,41)/t25-,28+. The van der Waals surface area contributed by atoms with E-state index in [9.17, 15) is 27.6 Å². The number of benzene rings is 2. The molecule has 1 aromatic heterocycles. The van der Waals surface area contributed by atoms with E-state index in [2.05, 4.69) is 10.3 Å². The summed E-state index contributed by atoms with van der Waals surface area (Å²) in [5.74, 6) is 0.463. The van der Waals surface area contributed by atoms with E-state index in [0.29, 0.717) is 74.2 Å². The summed E-state index contributed by atoms with van der Waals surface area (Å²) in [5.41, 5.74) is 0.491. The van der Waals surface area contributed by atoms with E-state index in [4.69, 9.17) is 9.47 Å². The minimum Gasteiger partial charge on any atom is -0.497 e. The third-order valence-corrected chi connectivity index (χ3v) is 8.26. The van der Waals surface area contributed by atoms with Gasteiger partial charge < -0.3 is 19.7 Å². The summed E-state index contributed by atoms with van der Waals surface area (Å²) >= 11 is 0. The number of carbonyl (C=O) groups excluding carboxylic acids is 3. The van der Waals surface area contributed by atoms with Crippen LogP contribution >= 0.6 is 0 Å². The van der Waals surface area contributed by atoms with E-state index in [1.54, 1.807) is 42.3 Å². The highest BCUT2D eigenvalue weighted by atomic mass is 19.4. The topological polar surface area (TPSA) is 97.8 Å². The summed E-state index contributed by atoms with van der Waals surface area (Å²) in [6.45, 7) is 0.914. The molecule has 44 heavy (non-hydrogen) atoms. The molecule has 8 nitrogen and oxygen atoms in total. The smallest absolute Gasteiger partial charge is 0.416 e. The number of ether oxygens (including phenoxy) is 2. The van der Waals surface area contributed by atoms with Crippen molar-refractivity contribution in [3.63, 3.8) is 0 Å². The zero-order valence-corrected chi connectivity index (χ0v) is 24.3. The third-order valence-electron chi connectivity index (χ3n) is 8.26. The van der Waals surface area contributed by atoms with Crippen LogP contribution in [0.25, 0.3) is 0 Å². The van der Waals surface area contributed by atoms with Gasteiger partial charge in [0.2, 0.25) is 0 Å². The van der Waals surface area contributed by atoms with Crippen LogP contribution in [0.4, 0.5) is 13.2 Å². The molecule has 2 fully saturated rings. The molecule has 2 aromatic carbocycles. The van der Waals surface area contributed by atoms with Crippen molar-refractivity contribution in [2.45, 2.75) is 56.8 Å². The zero-order valence-electron chi connectivity index (χ0n) is 24.3. The Hall–Kier alpha value is -4.41. The van der Waals surface area contributed by atoms with Gasteiger partial charge in [0, 0.05) is 36.8 Å². The number of likely N-dealkylation sites (tertiary alicyclic amines) is 1. The van der Waals surface area contributed by atoms with Gasteiger partial charge in [-0.3, -0.25) is 19.4 Å². The number of hydrogen-bond donors (Lipinski definition) is 1. The van der Waals surface area contributed by atoms with Gasteiger partial charge in [0.25, 0.3) is 11.8 Å². The maximum absolute atomic E-state index is 13.1. The fourth-order valence-electron chi connectivity index (χ4n) is 5.67. The van der Waals surface area contributed by atoms with Crippen LogP contribution in [0, 0.1) is 5.92 Å². The van der Waals surface area contributed by atoms with Crippen LogP contribution in [0.5, 0.6) is 11.5 Å². The fourth-order valence-corrected chi connectivity index (χ4v) is 5.67. The van der Waals surface area contributed by atoms with E-state index < -0.39 is 11.7 Å². The highest BCUT2D eigenvalue weighted by molar-refractivity contribution is 5.99. The number of pyridine rings is 1. The zero-order chi connectivity index (χ0) is 31.3. The molecular formula is C33H34F3N3O5. The van der Waals surface area contributed by atoms with Crippen molar-refractivity contribution in [2.75, 3.05) is 20.2 Å². The van der Waals surface area contributed by atoms with Crippen LogP contribution < -0.4 is 14.8 Å². The summed E-state index contributed by atoms with van der Waals surface area (Å²) in [6.07, 6.45) is 0.623. The second-order valence-electron chi connectivity index (χ2n) is 11.2. The van der Waals surface area contributed by atoms with Crippen molar-refractivity contribution < 1.29 is 37.0 Å². The number of nitrogens with one attached hydrogen (secondary N) is 1. The number of amides is 2. The van der Waals surface area contributed by atoms with Gasteiger partial charge in [-0.1, -0.05) is 0 Å². The number of ketones is 1. The van der Waals surface area contributed by atoms with Crippen molar-refractivity contribution in [2.24, 2.45) is 5.92 Å². The Balaban J connectivity index is 1.06. The molecule has 1 aliphatic heterocycles. The lowest BCUT2D eigenvalue weighted by Crippen LogP contribution is -2.40. The number of halogens is 3. The molecule has 3 aromatic rings. The Morgan fingerprint density at radius 1 is 0.818 bits per heavy atom. The van der Waals surface area contributed by atoms with Crippen LogP contribution in [-0.4, -0.2) is 59.8 Å². The van der Waals surface area contributed by atoms with Crippen molar-refractivity contribution >= 4 is 17.6 Å². The SMILES string of the molecule is COc1ccc(C(=O)C2CCN(C(=O)c3ccc(C(=O)N[C@H]4CC[C@@H](Oc5ccc(C(F)(F)F)cc5)CC4)nc3)CC2)cc1. The maximum atomic E-state index is 13.1. The van der Waals surface area contributed by atoms with Crippen molar-refractivity contribution in [3.05, 3.63) is 89.2 Å². The number of Topliss-reactive ketones (excluding diaryl/α,β-unsaturated/α-hetero) is 1. The molecule has 1 N–H and O–H groups in total. The summed E-state index contributed by atoms with van der Waals surface area (Å²) in [4.78, 5) is 44.7. The Labute approximate surface area is 253 Å². The van der Waals surface area contributed by atoms with Gasteiger partial charge in [-0.25, -0.2) is 0 Å². The van der Waals surface area contributed by atoms with E-state index in [1.165, 1.54) is 24.4 Å². The molecule has 1 saturated heterocycles. The molecule has 0 atom stereocenters. The molecule has 1 aliphatic carbocycles. The van der Waals surface area contributed by atoms with Crippen LogP contribution in [0.1, 0.15) is 75.3 Å². The first-order chi connectivity index (χ1) is 21.1. The lowest BCUT2D eigenvalue weighted by molar-refractivity contribution is -0.137. The van der Waals surface area contributed by atoms with Gasteiger partial charge in [0.15, 0.2) is 5.78 Å². The Bertz CT molecular complexity index is 1440. The van der Waals surface area contributed by atoms with Gasteiger partial charge in [-0.15, -0.1) is 0 Å². The van der Waals surface area contributed by atoms with Gasteiger partial charge in [-0.05, 0) is 99.2 Å². The van der Waals surface area contributed by atoms with E-state index in [0.717, 1.165) is 12.1 Å². The number of carbonyl (C=O) groups is 3. The molecule has 0 bridgehead atoms. The molecule has 11 heteroatoms. The molecule has 2 aliphatic rings. The summed E-state index contributed by atoms with van der Waals surface area (Å²) in [7, 11) is 1.57. The van der Waals surface area contributed by atoms with Gasteiger partial charge in [0.1, 0.15) is 17.2 Å². The minimum atomic E-state index is -4.39. The first-order valence-electron chi connectivity index (χ1n) is 14.7. The number of alkyl halides is 3. The number of hydrogen-bond acceptors (Lipinski definition) is 6. The predicted molar refractivity (Wildman–Crippen MR) is 156 cm³/mol. The summed E-state index contributed by atoms with van der Waals surface area (Å²) in [6, 6.07) is 14.7. The van der Waals surface area contributed by atoms with Gasteiger partial charge >= 0.3 is 6.18 Å². The van der Waals surface area contributed by atoms with Crippen LogP contribution in [0.15, 0.2) is 66.9 Å². The molecule has 2 amide bonds. The van der Waals surface area contributed by atoms with E-state index in [1.807, 2.05) is 0 Å². The second kappa shape index (κ2) is 13.5. The van der Waals surface area contributed by atoms with Gasteiger partial charge in [-0.2, -0.15) is 13.2 Å². The number of rotatable bonds is 8. The predicted octanol–water partition coefficient (Wildman–Crippen LogP) is 5.96. The maximum Gasteiger partial charge on any atom is 0.416 e. The lowest BCUT2D eigenvalue weighted by Gasteiger charge is -2.31. The Morgan fingerprint density at radius 3 is 2.00 bits per heavy atom. The minimum absolute atomic E-state index is 0.0666. The Morgan fingerprint density at radius 2 is 1.43 bits per heavy atom. The van der Waals surface area contributed by atoms with Crippen molar-refractivity contribution in [3.8, 4) is 11.5 Å². The number of aromatic nitrogens is 1. The van der Waals surface area contributed by atoms with Crippen LogP contribution in [0.2, 0.25) is 0 Å². The normalized spacial score (nSPS) is 19.2. The molecule has 232 valence electrons. The molecule has 0 unspecified atom stereocenters. The molecule has 5 rings (SSSR count). The average molecular weight is 610 g/mol. The first kappa shape index (κ1) is 31.0.